The molecule has 192 valence electrons. The van der Waals surface area contributed by atoms with Gasteiger partial charge in [-0.15, -0.1) is 6.42 Å². The third-order valence-electron chi connectivity index (χ3n) is 5.73. The van der Waals surface area contributed by atoms with Crippen molar-refractivity contribution in [1.29, 1.82) is 0 Å². The Morgan fingerprint density at radius 1 is 1.11 bits per heavy atom. The fraction of sp³-hybridized carbons (Fsp3) is 0.250. The summed E-state index contributed by atoms with van der Waals surface area (Å²) in [6, 6.07) is 5.77. The van der Waals surface area contributed by atoms with E-state index in [1.165, 1.54) is 18.5 Å². The van der Waals surface area contributed by atoms with Crippen molar-refractivity contribution in [2.75, 3.05) is 0 Å². The van der Waals surface area contributed by atoms with E-state index >= 15 is 0 Å². The lowest BCUT2D eigenvalue weighted by atomic mass is 10.1. The molecule has 1 N–H and O–H groups in total. The van der Waals surface area contributed by atoms with E-state index in [0.717, 1.165) is 40.8 Å². The monoisotopic (exact) mass is 533 g/mol. The highest BCUT2D eigenvalue weighted by atomic mass is 32.2. The highest BCUT2D eigenvalue weighted by Gasteiger charge is 2.45. The smallest absolute Gasteiger partial charge is 0.349 e. The lowest BCUT2D eigenvalue weighted by Crippen LogP contribution is -2.48. The highest BCUT2D eigenvalue weighted by Crippen LogP contribution is 2.31. The average Bonchev–Trinajstić information content (AvgIpc) is 3.33. The fourth-order valence-electron chi connectivity index (χ4n) is 3.91. The second-order valence-corrected chi connectivity index (χ2v) is 9.95. The zero-order valence-corrected chi connectivity index (χ0v) is 19.8. The highest BCUT2D eigenvalue weighted by molar-refractivity contribution is 7.89. The average molecular weight is 534 g/mol. The molecule has 37 heavy (non-hydrogen) atoms. The Kier molecular flexibility index (Phi) is 7.24. The van der Waals surface area contributed by atoms with Gasteiger partial charge in [-0.3, -0.25) is 9.78 Å². The number of nitrogens with one attached hydrogen (secondary N) is 1. The van der Waals surface area contributed by atoms with Gasteiger partial charge in [-0.1, -0.05) is 5.92 Å². The zero-order chi connectivity index (χ0) is 26.8. The number of hydrogen-bond acceptors (Lipinski definition) is 6. The Labute approximate surface area is 209 Å². The molecule has 3 aromatic rings. The number of rotatable bonds is 6. The van der Waals surface area contributed by atoms with E-state index < -0.39 is 45.7 Å². The van der Waals surface area contributed by atoms with Gasteiger partial charge in [0, 0.05) is 11.8 Å². The van der Waals surface area contributed by atoms with Gasteiger partial charge in [0.25, 0.3) is 0 Å². The Balaban J connectivity index is 1.49. The summed E-state index contributed by atoms with van der Waals surface area (Å²) in [4.78, 5) is 24.3. The van der Waals surface area contributed by atoms with Crippen LogP contribution in [-0.4, -0.2) is 45.7 Å². The molecule has 1 amide bonds. The number of alkyl halides is 3. The van der Waals surface area contributed by atoms with Crippen LogP contribution in [0, 0.1) is 18.2 Å². The molecular formula is C24H19F4N5O3S. The van der Waals surface area contributed by atoms with Crippen molar-refractivity contribution < 1.29 is 30.8 Å². The van der Waals surface area contributed by atoms with Crippen molar-refractivity contribution in [2.24, 2.45) is 0 Å². The van der Waals surface area contributed by atoms with Crippen LogP contribution in [0.2, 0.25) is 0 Å². The van der Waals surface area contributed by atoms with Crippen molar-refractivity contribution in [3.8, 4) is 23.6 Å². The number of carbonyl (C=O) groups is 1. The van der Waals surface area contributed by atoms with Crippen molar-refractivity contribution in [1.82, 2.24) is 24.6 Å². The molecular weight excluding hydrogens is 514 g/mol. The van der Waals surface area contributed by atoms with E-state index in [4.69, 9.17) is 6.42 Å². The molecule has 1 aromatic carbocycles. The maximum atomic E-state index is 13.3. The number of sulfonamides is 1. The first-order chi connectivity index (χ1) is 17.5. The van der Waals surface area contributed by atoms with Crippen molar-refractivity contribution in [3.05, 3.63) is 72.2 Å². The van der Waals surface area contributed by atoms with Gasteiger partial charge < -0.3 is 5.32 Å². The summed E-state index contributed by atoms with van der Waals surface area (Å²) in [6.45, 7) is -0.107. The van der Waals surface area contributed by atoms with Crippen LogP contribution in [0.1, 0.15) is 24.2 Å². The van der Waals surface area contributed by atoms with E-state index in [2.05, 4.69) is 26.2 Å². The zero-order valence-electron chi connectivity index (χ0n) is 19.0. The minimum Gasteiger partial charge on any atom is -0.349 e. The standard InChI is InChI=1S/C24H19F4N5O3S/c1-2-18-6-9-21(33(18)37(35,36)19-7-4-16(25)5-8-19)23(34)30-13-17-11-20(32-14-31-17)15-3-10-22(29-12-15)24(26,27)28/h1,3-5,7-8,10-12,14,18,21H,6,9,13H2,(H,30,34). The summed E-state index contributed by atoms with van der Waals surface area (Å²) in [5, 5.41) is 2.63. The molecule has 0 bridgehead atoms. The minimum atomic E-state index is -4.57. The fourth-order valence-corrected chi connectivity index (χ4v) is 5.68. The molecule has 1 fully saturated rings. The lowest BCUT2D eigenvalue weighted by molar-refractivity contribution is -0.141. The van der Waals surface area contributed by atoms with Gasteiger partial charge in [-0.2, -0.15) is 17.5 Å². The Morgan fingerprint density at radius 2 is 1.84 bits per heavy atom. The molecule has 13 heteroatoms. The van der Waals surface area contributed by atoms with Gasteiger partial charge in [0.2, 0.25) is 15.9 Å². The van der Waals surface area contributed by atoms with Gasteiger partial charge in [-0.25, -0.2) is 22.8 Å². The molecule has 2 atom stereocenters. The van der Waals surface area contributed by atoms with Crippen molar-refractivity contribution in [3.63, 3.8) is 0 Å². The lowest BCUT2D eigenvalue weighted by Gasteiger charge is -2.26. The quantitative estimate of drug-likeness (QED) is 0.386. The molecule has 2 aromatic heterocycles. The van der Waals surface area contributed by atoms with Crippen molar-refractivity contribution in [2.45, 2.75) is 42.5 Å². The number of amides is 1. The Hall–Kier alpha value is -3.89. The summed E-state index contributed by atoms with van der Waals surface area (Å²) < 4.78 is 79.0. The number of pyridine rings is 1. The van der Waals surface area contributed by atoms with Crippen LogP contribution in [0.15, 0.2) is 59.9 Å². The number of halogens is 4. The summed E-state index contributed by atoms with van der Waals surface area (Å²) in [6.07, 6.45) is 3.60. The first-order valence-electron chi connectivity index (χ1n) is 10.9. The van der Waals surface area contributed by atoms with Gasteiger partial charge in [-0.05, 0) is 55.3 Å². The number of nitrogens with zero attached hydrogens (tertiary/aromatic N) is 4. The van der Waals surface area contributed by atoms with Crippen molar-refractivity contribution >= 4 is 15.9 Å². The molecule has 0 aliphatic carbocycles. The van der Waals surface area contributed by atoms with E-state index in [0.29, 0.717) is 11.3 Å². The third-order valence-corrected chi connectivity index (χ3v) is 7.66. The first-order valence-corrected chi connectivity index (χ1v) is 12.3. The van der Waals surface area contributed by atoms with Crippen LogP contribution in [0.4, 0.5) is 17.6 Å². The largest absolute Gasteiger partial charge is 0.433 e. The number of benzene rings is 1. The van der Waals surface area contributed by atoms with Crippen LogP contribution < -0.4 is 5.32 Å². The summed E-state index contributed by atoms with van der Waals surface area (Å²) in [7, 11) is -4.20. The van der Waals surface area contributed by atoms with Crippen LogP contribution in [-0.2, 0) is 27.5 Å². The topological polar surface area (TPSA) is 105 Å². The molecule has 3 heterocycles. The van der Waals surface area contributed by atoms with Gasteiger partial charge in [0.15, 0.2) is 0 Å². The van der Waals surface area contributed by atoms with E-state index in [9.17, 15) is 30.8 Å². The molecule has 0 radical (unpaired) electrons. The van der Waals surface area contributed by atoms with Gasteiger partial charge in [0.1, 0.15) is 23.9 Å². The predicted octanol–water partition coefficient (Wildman–Crippen LogP) is 3.17. The number of aromatic nitrogens is 3. The number of carbonyl (C=O) groups excluding carboxylic acids is 1. The molecule has 2 unspecified atom stereocenters. The van der Waals surface area contributed by atoms with E-state index in [1.807, 2.05) is 0 Å². The minimum absolute atomic E-state index is 0.107. The van der Waals surface area contributed by atoms with Gasteiger partial charge >= 0.3 is 6.18 Å². The van der Waals surface area contributed by atoms with Crippen LogP contribution in [0.25, 0.3) is 11.3 Å². The van der Waals surface area contributed by atoms with E-state index in [1.54, 1.807) is 0 Å². The first kappa shape index (κ1) is 26.2. The Bertz CT molecular complexity index is 1440. The van der Waals surface area contributed by atoms with E-state index in [-0.39, 0.29) is 30.0 Å². The molecule has 0 spiro atoms. The summed E-state index contributed by atoms with van der Waals surface area (Å²) >= 11 is 0. The number of hydrogen-bond donors (Lipinski definition) is 1. The molecule has 0 saturated carbocycles. The maximum absolute atomic E-state index is 13.3. The van der Waals surface area contributed by atoms with Gasteiger partial charge in [0.05, 0.1) is 28.9 Å². The third kappa shape index (κ3) is 5.60. The summed E-state index contributed by atoms with van der Waals surface area (Å²) in [5.41, 5.74) is -0.112. The maximum Gasteiger partial charge on any atom is 0.433 e. The second-order valence-electron chi connectivity index (χ2n) is 8.11. The van der Waals surface area contributed by atoms with Crippen LogP contribution in [0.5, 0.6) is 0 Å². The number of terminal acetylenes is 1. The van der Waals surface area contributed by atoms with Crippen LogP contribution >= 0.6 is 0 Å². The van der Waals surface area contributed by atoms with Crippen LogP contribution in [0.3, 0.4) is 0 Å². The second kappa shape index (κ2) is 10.2. The summed E-state index contributed by atoms with van der Waals surface area (Å²) in [5.74, 6) is 1.17. The molecule has 8 nitrogen and oxygen atoms in total. The normalized spacial score (nSPS) is 18.4. The molecule has 4 rings (SSSR count). The molecule has 1 aliphatic heterocycles. The Morgan fingerprint density at radius 3 is 2.46 bits per heavy atom. The predicted molar refractivity (Wildman–Crippen MR) is 123 cm³/mol. The molecule has 1 aliphatic rings. The SMILES string of the molecule is C#CC1CCC(C(=O)NCc2cc(-c3ccc(C(F)(F)F)nc3)ncn2)N1S(=O)(=O)c1ccc(F)cc1. The molecule has 1 saturated heterocycles.